The van der Waals surface area contributed by atoms with Crippen LogP contribution in [0.15, 0.2) is 0 Å². The van der Waals surface area contributed by atoms with Crippen LogP contribution in [0.5, 0.6) is 0 Å². The zero-order valence-corrected chi connectivity index (χ0v) is 8.72. The number of rotatable bonds is 3. The molecule has 0 bridgehead atoms. The molecule has 2 radical (unpaired) electrons. The Hall–Kier alpha value is -0.0451. The van der Waals surface area contributed by atoms with Crippen LogP contribution >= 0.6 is 0 Å². The van der Waals surface area contributed by atoms with Crippen LogP contribution in [0.4, 0.5) is 4.39 Å². The molecule has 4 atom stereocenters. The van der Waals surface area contributed by atoms with Gasteiger partial charge in [-0.1, -0.05) is 27.2 Å². The molecule has 1 aliphatic heterocycles. The highest BCUT2D eigenvalue weighted by Crippen LogP contribution is 2.42. The first kappa shape index (κ1) is 11.0. The minimum atomic E-state index is -1.01. The van der Waals surface area contributed by atoms with E-state index in [0.29, 0.717) is 0 Å². The standard InChI is InChI=1S/C10H18BFO/c1-4-6-10(5-2)7(3)8(12)9(11)13-10/h7-9H,4-6H2,1-3H3/t7-,8?,9-,10+/m1/s1. The fraction of sp³-hybridized carbons (Fsp3) is 1.00. The third kappa shape index (κ3) is 1.76. The highest BCUT2D eigenvalue weighted by molar-refractivity contribution is 6.11. The maximum atomic E-state index is 13.5. The average Bonchev–Trinajstić information content (AvgIpc) is 2.32. The van der Waals surface area contributed by atoms with Crippen molar-refractivity contribution in [2.24, 2.45) is 5.92 Å². The fourth-order valence-electron chi connectivity index (χ4n) is 2.31. The molecule has 1 nitrogen and oxygen atoms in total. The third-order valence-corrected chi connectivity index (χ3v) is 3.26. The number of halogens is 1. The zero-order valence-electron chi connectivity index (χ0n) is 8.72. The van der Waals surface area contributed by atoms with E-state index >= 15 is 0 Å². The lowest BCUT2D eigenvalue weighted by Crippen LogP contribution is -2.34. The minimum absolute atomic E-state index is 0.0764. The predicted molar refractivity (Wildman–Crippen MR) is 52.6 cm³/mol. The van der Waals surface area contributed by atoms with Gasteiger partial charge in [0.05, 0.1) is 5.60 Å². The van der Waals surface area contributed by atoms with Crippen molar-refractivity contribution in [1.82, 2.24) is 0 Å². The maximum absolute atomic E-state index is 13.5. The van der Waals surface area contributed by atoms with Crippen LogP contribution in [0, 0.1) is 5.92 Å². The van der Waals surface area contributed by atoms with E-state index in [9.17, 15) is 4.39 Å². The molecule has 0 aliphatic carbocycles. The van der Waals surface area contributed by atoms with E-state index in [1.807, 2.05) is 13.8 Å². The van der Waals surface area contributed by atoms with Gasteiger partial charge < -0.3 is 4.74 Å². The van der Waals surface area contributed by atoms with Crippen molar-refractivity contribution in [1.29, 1.82) is 0 Å². The van der Waals surface area contributed by atoms with Crippen molar-refractivity contribution in [3.8, 4) is 0 Å². The third-order valence-electron chi connectivity index (χ3n) is 3.26. The van der Waals surface area contributed by atoms with E-state index in [1.165, 1.54) is 0 Å². The van der Waals surface area contributed by atoms with Gasteiger partial charge >= 0.3 is 0 Å². The van der Waals surface area contributed by atoms with Gasteiger partial charge in [-0.3, -0.25) is 0 Å². The van der Waals surface area contributed by atoms with Crippen LogP contribution < -0.4 is 0 Å². The molecular formula is C10H18BFO. The molecule has 1 fully saturated rings. The molecule has 0 spiro atoms. The summed E-state index contributed by atoms with van der Waals surface area (Å²) in [7, 11) is 5.55. The monoisotopic (exact) mass is 184 g/mol. The van der Waals surface area contributed by atoms with E-state index in [0.717, 1.165) is 19.3 Å². The summed E-state index contributed by atoms with van der Waals surface area (Å²) in [6.45, 7) is 6.03. The lowest BCUT2D eigenvalue weighted by Gasteiger charge is -2.31. The summed E-state index contributed by atoms with van der Waals surface area (Å²) in [6, 6.07) is -0.721. The van der Waals surface area contributed by atoms with E-state index in [2.05, 4.69) is 6.92 Å². The van der Waals surface area contributed by atoms with Crippen LogP contribution in [0.1, 0.15) is 40.0 Å². The second-order valence-electron chi connectivity index (χ2n) is 3.98. The smallest absolute Gasteiger partial charge is 0.123 e. The lowest BCUT2D eigenvalue weighted by atomic mass is 9.80. The van der Waals surface area contributed by atoms with Crippen molar-refractivity contribution in [2.45, 2.75) is 57.8 Å². The minimum Gasteiger partial charge on any atom is -0.378 e. The number of ether oxygens (including phenoxy) is 1. The Kier molecular flexibility index (Phi) is 3.39. The number of hydrogen-bond donors (Lipinski definition) is 0. The normalized spacial score (nSPS) is 45.4. The summed E-state index contributed by atoms with van der Waals surface area (Å²) in [6.07, 6.45) is 1.75. The molecule has 0 aromatic carbocycles. The van der Waals surface area contributed by atoms with Gasteiger partial charge in [0.2, 0.25) is 0 Å². The summed E-state index contributed by atoms with van der Waals surface area (Å²) < 4.78 is 19.0. The molecule has 1 rings (SSSR count). The first-order valence-electron chi connectivity index (χ1n) is 5.15. The van der Waals surface area contributed by atoms with Gasteiger partial charge in [0.25, 0.3) is 0 Å². The van der Waals surface area contributed by atoms with Crippen molar-refractivity contribution in [3.63, 3.8) is 0 Å². The molecule has 1 saturated heterocycles. The molecule has 13 heavy (non-hydrogen) atoms. The van der Waals surface area contributed by atoms with Crippen LogP contribution in [0.25, 0.3) is 0 Å². The topological polar surface area (TPSA) is 9.23 Å². The average molecular weight is 184 g/mol. The Bertz CT molecular complexity index is 176. The second kappa shape index (κ2) is 3.99. The Morgan fingerprint density at radius 2 is 2.08 bits per heavy atom. The van der Waals surface area contributed by atoms with Crippen molar-refractivity contribution in [2.75, 3.05) is 0 Å². The van der Waals surface area contributed by atoms with Crippen molar-refractivity contribution in [3.05, 3.63) is 0 Å². The van der Waals surface area contributed by atoms with Gasteiger partial charge in [0.1, 0.15) is 14.0 Å². The largest absolute Gasteiger partial charge is 0.378 e. The van der Waals surface area contributed by atoms with E-state index < -0.39 is 12.2 Å². The van der Waals surface area contributed by atoms with E-state index in [1.54, 1.807) is 0 Å². The van der Waals surface area contributed by atoms with Gasteiger partial charge in [-0.05, 0) is 12.8 Å². The van der Waals surface area contributed by atoms with E-state index in [-0.39, 0.29) is 11.5 Å². The van der Waals surface area contributed by atoms with Gasteiger partial charge in [0.15, 0.2) is 0 Å². The summed E-state index contributed by atoms with van der Waals surface area (Å²) in [5.41, 5.74) is -0.312. The molecule has 3 heteroatoms. The predicted octanol–water partition coefficient (Wildman–Crippen LogP) is 2.43. The summed E-state index contributed by atoms with van der Waals surface area (Å²) in [5, 5.41) is 0. The number of alkyl halides is 1. The molecular weight excluding hydrogens is 166 g/mol. The molecule has 74 valence electrons. The number of hydrogen-bond acceptors (Lipinski definition) is 1. The Morgan fingerprint density at radius 1 is 1.46 bits per heavy atom. The SMILES string of the molecule is [B][C@@H]1O[C@@](CC)(CCC)[C@H](C)C1F. The van der Waals surface area contributed by atoms with Crippen LogP contribution in [-0.4, -0.2) is 25.6 Å². The quantitative estimate of drug-likeness (QED) is 0.612. The van der Waals surface area contributed by atoms with Crippen LogP contribution in [0.3, 0.4) is 0 Å². The second-order valence-corrected chi connectivity index (χ2v) is 3.98. The Balaban J connectivity index is 2.76. The first-order valence-corrected chi connectivity index (χ1v) is 5.15. The van der Waals surface area contributed by atoms with Crippen molar-refractivity contribution >= 4 is 7.85 Å². The molecule has 0 amide bonds. The highest BCUT2D eigenvalue weighted by Gasteiger charge is 2.49. The molecule has 1 unspecified atom stereocenters. The summed E-state index contributed by atoms with van der Waals surface area (Å²) in [5.74, 6) is -0.0764. The summed E-state index contributed by atoms with van der Waals surface area (Å²) in [4.78, 5) is 0. The van der Waals surface area contributed by atoms with Crippen molar-refractivity contribution < 1.29 is 9.13 Å². The lowest BCUT2D eigenvalue weighted by molar-refractivity contribution is -0.0412. The molecule has 1 aliphatic rings. The van der Waals surface area contributed by atoms with Gasteiger partial charge in [-0.25, -0.2) is 4.39 Å². The fourth-order valence-corrected chi connectivity index (χ4v) is 2.31. The van der Waals surface area contributed by atoms with Gasteiger partial charge in [-0.15, -0.1) is 0 Å². The molecule has 0 aromatic rings. The van der Waals surface area contributed by atoms with Gasteiger partial charge in [0, 0.05) is 11.9 Å². The molecule has 1 heterocycles. The Labute approximate surface area is 81.4 Å². The van der Waals surface area contributed by atoms with Crippen LogP contribution in [0.2, 0.25) is 0 Å². The molecule has 0 saturated carbocycles. The Morgan fingerprint density at radius 3 is 2.38 bits per heavy atom. The first-order chi connectivity index (χ1) is 6.07. The highest BCUT2D eigenvalue weighted by atomic mass is 19.1. The maximum Gasteiger partial charge on any atom is 0.123 e. The molecule has 0 N–H and O–H groups in total. The molecule has 0 aromatic heterocycles. The van der Waals surface area contributed by atoms with Gasteiger partial charge in [-0.2, -0.15) is 0 Å². The summed E-state index contributed by atoms with van der Waals surface area (Å²) >= 11 is 0. The van der Waals surface area contributed by atoms with Crippen LogP contribution in [-0.2, 0) is 4.74 Å². The zero-order chi connectivity index (χ0) is 10.1. The van der Waals surface area contributed by atoms with E-state index in [4.69, 9.17) is 12.6 Å².